The minimum atomic E-state index is 0.638. The maximum Gasteiger partial charge on any atom is 0.0328 e. The summed E-state index contributed by atoms with van der Waals surface area (Å²) in [6.45, 7) is 0. The van der Waals surface area contributed by atoms with Crippen molar-refractivity contribution in [3.63, 3.8) is 0 Å². The normalized spacial score (nSPS) is 25.6. The summed E-state index contributed by atoms with van der Waals surface area (Å²) < 4.78 is 0. The predicted octanol–water partition coefficient (Wildman–Crippen LogP) is 3.60. The zero-order valence-electron chi connectivity index (χ0n) is 9.91. The molecule has 1 aromatic carbocycles. The van der Waals surface area contributed by atoms with Gasteiger partial charge in [-0.05, 0) is 36.8 Å². The third-order valence-electron chi connectivity index (χ3n) is 4.17. The lowest BCUT2D eigenvalue weighted by atomic mass is 9.94. The highest BCUT2D eigenvalue weighted by Crippen LogP contribution is 2.32. The van der Waals surface area contributed by atoms with Gasteiger partial charge in [0, 0.05) is 12.1 Å². The van der Waals surface area contributed by atoms with Crippen LogP contribution in [0.15, 0.2) is 24.3 Å². The predicted molar refractivity (Wildman–Crippen MR) is 67.5 cm³/mol. The number of fused-ring (bicyclic) bond motifs is 1. The fraction of sp³-hybridized carbons (Fsp3) is 0.600. The summed E-state index contributed by atoms with van der Waals surface area (Å²) >= 11 is 0. The molecule has 0 heterocycles. The Morgan fingerprint density at radius 1 is 0.938 bits per heavy atom. The van der Waals surface area contributed by atoms with Crippen molar-refractivity contribution in [2.45, 2.75) is 57.0 Å². The van der Waals surface area contributed by atoms with Gasteiger partial charge in [0.2, 0.25) is 0 Å². The van der Waals surface area contributed by atoms with Gasteiger partial charge in [-0.15, -0.1) is 0 Å². The highest BCUT2D eigenvalue weighted by Gasteiger charge is 2.24. The maximum atomic E-state index is 3.87. The topological polar surface area (TPSA) is 12.0 Å². The van der Waals surface area contributed by atoms with Crippen molar-refractivity contribution < 1.29 is 0 Å². The molecule has 0 spiro atoms. The Morgan fingerprint density at radius 3 is 2.62 bits per heavy atom. The molecule has 2 aliphatic carbocycles. The lowest BCUT2D eigenvalue weighted by Gasteiger charge is -2.26. The molecule has 1 heteroatoms. The molecule has 1 N–H and O–H groups in total. The minimum Gasteiger partial charge on any atom is -0.307 e. The Morgan fingerprint density at radius 2 is 1.75 bits per heavy atom. The zero-order valence-corrected chi connectivity index (χ0v) is 9.91. The molecule has 0 radical (unpaired) electrons. The highest BCUT2D eigenvalue weighted by atomic mass is 15.0. The Balaban J connectivity index is 1.68. The lowest BCUT2D eigenvalue weighted by molar-refractivity contribution is 0.337. The van der Waals surface area contributed by atoms with Gasteiger partial charge in [-0.2, -0.15) is 0 Å². The Bertz CT molecular complexity index is 352. The second kappa shape index (κ2) is 4.58. The standard InChI is InChI=1S/C15H21N/c1-2-7-13(8-3-1)16-15-11-10-12-6-4-5-9-14(12)15/h4-6,9,13,15-16H,1-3,7-8,10-11H2/t15-/m0/s1. The Kier molecular flexibility index (Phi) is 2.96. The fourth-order valence-electron chi connectivity index (χ4n) is 3.28. The molecule has 1 saturated carbocycles. The molecule has 0 aliphatic heterocycles. The summed E-state index contributed by atoms with van der Waals surface area (Å²) in [5, 5.41) is 3.87. The quantitative estimate of drug-likeness (QED) is 0.795. The van der Waals surface area contributed by atoms with E-state index in [-0.39, 0.29) is 0 Å². The molecular weight excluding hydrogens is 194 g/mol. The van der Waals surface area contributed by atoms with Crippen LogP contribution in [0.25, 0.3) is 0 Å². The van der Waals surface area contributed by atoms with Crippen LogP contribution in [-0.4, -0.2) is 6.04 Å². The van der Waals surface area contributed by atoms with Crippen molar-refractivity contribution in [1.82, 2.24) is 5.32 Å². The van der Waals surface area contributed by atoms with Crippen molar-refractivity contribution in [3.8, 4) is 0 Å². The third-order valence-corrected chi connectivity index (χ3v) is 4.17. The van der Waals surface area contributed by atoms with Crippen molar-refractivity contribution in [2.75, 3.05) is 0 Å². The first-order valence-electron chi connectivity index (χ1n) is 6.77. The molecule has 0 bridgehead atoms. The number of rotatable bonds is 2. The molecule has 86 valence electrons. The average Bonchev–Trinajstić information content (AvgIpc) is 2.74. The van der Waals surface area contributed by atoms with Gasteiger partial charge in [-0.3, -0.25) is 0 Å². The Labute approximate surface area is 98.3 Å². The molecule has 1 fully saturated rings. The SMILES string of the molecule is c1ccc2c(c1)CC[C@@H]2NC1CCCCC1. The highest BCUT2D eigenvalue weighted by molar-refractivity contribution is 5.34. The van der Waals surface area contributed by atoms with E-state index in [1.54, 1.807) is 11.1 Å². The molecule has 1 aromatic rings. The number of nitrogens with one attached hydrogen (secondary N) is 1. The van der Waals surface area contributed by atoms with Crippen LogP contribution in [0.5, 0.6) is 0 Å². The molecule has 1 atom stereocenters. The van der Waals surface area contributed by atoms with E-state index in [0.717, 1.165) is 6.04 Å². The summed E-state index contributed by atoms with van der Waals surface area (Å²) in [4.78, 5) is 0. The molecule has 0 amide bonds. The van der Waals surface area contributed by atoms with E-state index in [1.165, 1.54) is 44.9 Å². The molecule has 0 unspecified atom stereocenters. The van der Waals surface area contributed by atoms with Gasteiger partial charge in [0.25, 0.3) is 0 Å². The van der Waals surface area contributed by atoms with Gasteiger partial charge in [0.1, 0.15) is 0 Å². The molecule has 3 rings (SSSR count). The monoisotopic (exact) mass is 215 g/mol. The van der Waals surface area contributed by atoms with Gasteiger partial charge < -0.3 is 5.32 Å². The molecule has 0 saturated heterocycles. The van der Waals surface area contributed by atoms with Crippen LogP contribution < -0.4 is 5.32 Å². The fourth-order valence-corrected chi connectivity index (χ4v) is 3.28. The van der Waals surface area contributed by atoms with Gasteiger partial charge in [0.05, 0.1) is 0 Å². The van der Waals surface area contributed by atoms with Crippen LogP contribution in [0.2, 0.25) is 0 Å². The summed E-state index contributed by atoms with van der Waals surface area (Å²) in [5.74, 6) is 0. The smallest absolute Gasteiger partial charge is 0.0328 e. The maximum absolute atomic E-state index is 3.87. The van der Waals surface area contributed by atoms with Crippen molar-refractivity contribution in [3.05, 3.63) is 35.4 Å². The Hall–Kier alpha value is -0.820. The number of benzene rings is 1. The molecule has 2 aliphatic rings. The van der Waals surface area contributed by atoms with E-state index in [2.05, 4.69) is 29.6 Å². The van der Waals surface area contributed by atoms with Crippen LogP contribution >= 0.6 is 0 Å². The number of hydrogen-bond donors (Lipinski definition) is 1. The molecule has 1 nitrogen and oxygen atoms in total. The van der Waals surface area contributed by atoms with Crippen LogP contribution in [0, 0.1) is 0 Å². The summed E-state index contributed by atoms with van der Waals surface area (Å²) in [6.07, 6.45) is 9.63. The largest absolute Gasteiger partial charge is 0.307 e. The number of aryl methyl sites for hydroxylation is 1. The first kappa shape index (κ1) is 10.3. The van der Waals surface area contributed by atoms with E-state index >= 15 is 0 Å². The zero-order chi connectivity index (χ0) is 10.8. The van der Waals surface area contributed by atoms with Crippen molar-refractivity contribution in [1.29, 1.82) is 0 Å². The molecular formula is C15H21N. The first-order chi connectivity index (χ1) is 7.93. The van der Waals surface area contributed by atoms with E-state index in [0.29, 0.717) is 6.04 Å². The van der Waals surface area contributed by atoms with Crippen LogP contribution in [0.4, 0.5) is 0 Å². The van der Waals surface area contributed by atoms with E-state index < -0.39 is 0 Å². The van der Waals surface area contributed by atoms with Gasteiger partial charge in [-0.25, -0.2) is 0 Å². The summed E-state index contributed by atoms with van der Waals surface area (Å²) in [5.41, 5.74) is 3.13. The van der Waals surface area contributed by atoms with Crippen molar-refractivity contribution >= 4 is 0 Å². The van der Waals surface area contributed by atoms with Gasteiger partial charge >= 0.3 is 0 Å². The minimum absolute atomic E-state index is 0.638. The van der Waals surface area contributed by atoms with Crippen LogP contribution in [-0.2, 0) is 6.42 Å². The second-order valence-electron chi connectivity index (χ2n) is 5.29. The van der Waals surface area contributed by atoms with E-state index in [4.69, 9.17) is 0 Å². The van der Waals surface area contributed by atoms with E-state index in [9.17, 15) is 0 Å². The number of hydrogen-bond acceptors (Lipinski definition) is 1. The van der Waals surface area contributed by atoms with Gasteiger partial charge in [0.15, 0.2) is 0 Å². The lowest BCUT2D eigenvalue weighted by Crippen LogP contribution is -2.33. The summed E-state index contributed by atoms with van der Waals surface area (Å²) in [6, 6.07) is 10.4. The molecule has 16 heavy (non-hydrogen) atoms. The van der Waals surface area contributed by atoms with Crippen molar-refractivity contribution in [2.24, 2.45) is 0 Å². The van der Waals surface area contributed by atoms with E-state index in [1.807, 2.05) is 0 Å². The third kappa shape index (κ3) is 2.01. The molecule has 0 aromatic heterocycles. The summed E-state index contributed by atoms with van der Waals surface area (Å²) in [7, 11) is 0. The van der Waals surface area contributed by atoms with Crippen LogP contribution in [0.1, 0.15) is 55.7 Å². The van der Waals surface area contributed by atoms with Gasteiger partial charge in [-0.1, -0.05) is 43.5 Å². The van der Waals surface area contributed by atoms with Crippen LogP contribution in [0.3, 0.4) is 0 Å². The first-order valence-corrected chi connectivity index (χ1v) is 6.77. The average molecular weight is 215 g/mol. The second-order valence-corrected chi connectivity index (χ2v) is 5.29.